The second-order valence-electron chi connectivity index (χ2n) is 7.64. The van der Waals surface area contributed by atoms with E-state index in [0.29, 0.717) is 29.9 Å². The molecule has 9 nitrogen and oxygen atoms in total. The van der Waals surface area contributed by atoms with Crippen LogP contribution in [0.1, 0.15) is 44.3 Å². The highest BCUT2D eigenvalue weighted by atomic mass is 79.9. The first kappa shape index (κ1) is 26.6. The quantitative estimate of drug-likeness (QED) is 0.483. The molecule has 3 heterocycles. The number of piperidine rings is 1. The molecule has 0 unspecified atom stereocenters. The van der Waals surface area contributed by atoms with E-state index in [2.05, 4.69) is 10.3 Å². The Kier molecular flexibility index (Phi) is 10.5. The lowest BCUT2D eigenvalue weighted by Crippen LogP contribution is -2.39. The Morgan fingerprint density at radius 2 is 1.80 bits per heavy atom. The molecule has 0 amide bonds. The molecule has 3 rings (SSSR count). The predicted molar refractivity (Wildman–Crippen MR) is 126 cm³/mol. The molecule has 0 aliphatic carbocycles. The number of aliphatic carboxylic acids is 1. The van der Waals surface area contributed by atoms with Crippen molar-refractivity contribution < 1.29 is 9.90 Å². The highest BCUT2D eigenvalue weighted by Gasteiger charge is 2.20. The Labute approximate surface area is 196 Å². The molecule has 2 N–H and O–H groups in total. The van der Waals surface area contributed by atoms with Crippen molar-refractivity contribution >= 4 is 51.1 Å². The van der Waals surface area contributed by atoms with E-state index in [9.17, 15) is 14.4 Å². The Morgan fingerprint density at radius 1 is 1.13 bits per heavy atom. The molecular formula is C19H31Br2N5O4. The maximum Gasteiger partial charge on any atom is 0.332 e. The van der Waals surface area contributed by atoms with E-state index in [-0.39, 0.29) is 52.6 Å². The van der Waals surface area contributed by atoms with Gasteiger partial charge in [-0.2, -0.15) is 0 Å². The van der Waals surface area contributed by atoms with Gasteiger partial charge in [-0.15, -0.1) is 34.0 Å². The summed E-state index contributed by atoms with van der Waals surface area (Å²) >= 11 is 0. The number of carbonyl (C=O) groups is 1. The molecule has 0 aromatic carbocycles. The summed E-state index contributed by atoms with van der Waals surface area (Å²) in [4.78, 5) is 40.7. The Balaban J connectivity index is 0.00000225. The first-order chi connectivity index (χ1) is 13.4. The summed E-state index contributed by atoms with van der Waals surface area (Å²) in [5.74, 6) is 0.610. The smallest absolute Gasteiger partial charge is 0.332 e. The molecule has 0 radical (unpaired) electrons. The second-order valence-corrected chi connectivity index (χ2v) is 7.64. The van der Waals surface area contributed by atoms with Gasteiger partial charge in [0.05, 0.1) is 0 Å². The number of halogens is 2. The van der Waals surface area contributed by atoms with E-state index < -0.39 is 11.5 Å². The van der Waals surface area contributed by atoms with Crippen LogP contribution in [-0.4, -0.2) is 42.9 Å². The van der Waals surface area contributed by atoms with E-state index in [4.69, 9.17) is 5.11 Å². The maximum absolute atomic E-state index is 12.9. The molecule has 2 aromatic heterocycles. The van der Waals surface area contributed by atoms with E-state index in [0.717, 1.165) is 44.6 Å². The van der Waals surface area contributed by atoms with Crippen molar-refractivity contribution in [1.29, 1.82) is 0 Å². The summed E-state index contributed by atoms with van der Waals surface area (Å²) in [6, 6.07) is 0. The van der Waals surface area contributed by atoms with Crippen LogP contribution in [0, 0.1) is 5.92 Å². The molecule has 1 aliphatic heterocycles. The third kappa shape index (κ3) is 5.82. The summed E-state index contributed by atoms with van der Waals surface area (Å²) in [5.41, 5.74) is 0.0677. The maximum atomic E-state index is 12.9. The monoisotopic (exact) mass is 551 g/mol. The normalized spacial score (nSPS) is 14.3. The van der Waals surface area contributed by atoms with Gasteiger partial charge in [0.15, 0.2) is 5.52 Å². The number of carboxylic acid groups (broad SMARTS) is 1. The molecular weight excluding hydrogens is 522 g/mol. The van der Waals surface area contributed by atoms with Crippen LogP contribution in [0.15, 0.2) is 9.59 Å². The lowest BCUT2D eigenvalue weighted by atomic mass is 9.93. The van der Waals surface area contributed by atoms with Gasteiger partial charge < -0.3 is 15.0 Å². The van der Waals surface area contributed by atoms with Crippen LogP contribution < -0.4 is 16.6 Å². The number of imidazole rings is 1. The molecule has 0 saturated carbocycles. The Hall–Kier alpha value is -1.46. The molecule has 2 aromatic rings. The molecule has 1 saturated heterocycles. The fraction of sp³-hybridized carbons (Fsp3) is 0.684. The summed E-state index contributed by atoms with van der Waals surface area (Å²) in [5, 5.41) is 12.1. The van der Waals surface area contributed by atoms with Gasteiger partial charge in [0.1, 0.15) is 11.5 Å². The van der Waals surface area contributed by atoms with E-state index in [1.165, 1.54) is 9.13 Å². The SMILES string of the molecule is Br.Br.Cn1c(CCC2CCNCC2)nc2c(=O)n(CCCCC(=O)O)c(=O)n(C)c21. The predicted octanol–water partition coefficient (Wildman–Crippen LogP) is 1.78. The number of aryl methyl sites for hydroxylation is 3. The van der Waals surface area contributed by atoms with Crippen LogP contribution in [0.5, 0.6) is 0 Å². The first-order valence-electron chi connectivity index (χ1n) is 9.97. The van der Waals surface area contributed by atoms with Gasteiger partial charge in [-0.1, -0.05) is 0 Å². The van der Waals surface area contributed by atoms with Crippen LogP contribution in [-0.2, 0) is 31.9 Å². The minimum absolute atomic E-state index is 0. The molecule has 0 bridgehead atoms. The number of carboxylic acids is 1. The number of fused-ring (bicyclic) bond motifs is 1. The number of hydrogen-bond donors (Lipinski definition) is 2. The fourth-order valence-electron chi connectivity index (χ4n) is 4.02. The summed E-state index contributed by atoms with van der Waals surface area (Å²) in [6.45, 7) is 2.30. The minimum atomic E-state index is -0.876. The molecule has 11 heteroatoms. The van der Waals surface area contributed by atoms with Crippen LogP contribution >= 0.6 is 34.0 Å². The van der Waals surface area contributed by atoms with Crippen molar-refractivity contribution in [3.8, 4) is 0 Å². The second kappa shape index (κ2) is 11.8. The Morgan fingerprint density at radius 3 is 2.43 bits per heavy atom. The van der Waals surface area contributed by atoms with Crippen molar-refractivity contribution in [1.82, 2.24) is 24.0 Å². The number of nitrogens with one attached hydrogen (secondary N) is 1. The number of unbranched alkanes of at least 4 members (excludes halogenated alkanes) is 1. The number of rotatable bonds is 8. The number of aromatic nitrogens is 4. The molecule has 1 aliphatic rings. The van der Waals surface area contributed by atoms with E-state index >= 15 is 0 Å². The van der Waals surface area contributed by atoms with Crippen molar-refractivity contribution in [3.05, 3.63) is 26.7 Å². The van der Waals surface area contributed by atoms with Gasteiger partial charge in [0, 0.05) is 33.5 Å². The summed E-state index contributed by atoms with van der Waals surface area (Å²) < 4.78 is 4.50. The number of nitrogens with zero attached hydrogens (tertiary/aromatic N) is 4. The zero-order valence-electron chi connectivity index (χ0n) is 17.4. The topological polar surface area (TPSA) is 111 Å². The first-order valence-corrected chi connectivity index (χ1v) is 9.97. The fourth-order valence-corrected chi connectivity index (χ4v) is 4.02. The third-order valence-corrected chi connectivity index (χ3v) is 5.70. The van der Waals surface area contributed by atoms with Gasteiger partial charge in [0.2, 0.25) is 0 Å². The molecule has 0 atom stereocenters. The van der Waals surface area contributed by atoms with Gasteiger partial charge >= 0.3 is 11.7 Å². The highest BCUT2D eigenvalue weighted by Crippen LogP contribution is 2.19. The third-order valence-electron chi connectivity index (χ3n) is 5.70. The van der Waals surface area contributed by atoms with E-state index in [1.807, 2.05) is 11.6 Å². The number of hydrogen-bond acceptors (Lipinski definition) is 5. The molecule has 1 fully saturated rings. The van der Waals surface area contributed by atoms with Crippen LogP contribution in [0.4, 0.5) is 0 Å². The van der Waals surface area contributed by atoms with Crippen molar-refractivity contribution in [2.45, 2.75) is 51.5 Å². The van der Waals surface area contributed by atoms with Crippen molar-refractivity contribution in [2.75, 3.05) is 13.1 Å². The molecule has 170 valence electrons. The van der Waals surface area contributed by atoms with Crippen LogP contribution in [0.25, 0.3) is 11.2 Å². The van der Waals surface area contributed by atoms with Crippen LogP contribution in [0.3, 0.4) is 0 Å². The van der Waals surface area contributed by atoms with Gasteiger partial charge in [-0.3, -0.25) is 18.7 Å². The van der Waals surface area contributed by atoms with Gasteiger partial charge in [-0.25, -0.2) is 9.78 Å². The average molecular weight is 553 g/mol. The van der Waals surface area contributed by atoms with Crippen molar-refractivity contribution in [3.63, 3.8) is 0 Å². The summed E-state index contributed by atoms with van der Waals surface area (Å²) in [6.07, 6.45) is 5.03. The van der Waals surface area contributed by atoms with Crippen molar-refractivity contribution in [2.24, 2.45) is 20.0 Å². The van der Waals surface area contributed by atoms with E-state index in [1.54, 1.807) is 7.05 Å². The standard InChI is InChI=1S/C19H29N5O4.2BrH/c1-22-14(7-6-13-8-10-20-11-9-13)21-16-17(22)23(2)19(28)24(18(16)27)12-4-3-5-15(25)26;;/h13,20H,3-12H2,1-2H3,(H,25,26);2*1H. The largest absolute Gasteiger partial charge is 0.481 e. The molecule has 0 spiro atoms. The minimum Gasteiger partial charge on any atom is -0.481 e. The lowest BCUT2D eigenvalue weighted by Gasteiger charge is -2.22. The van der Waals surface area contributed by atoms with Crippen LogP contribution in [0.2, 0.25) is 0 Å². The zero-order valence-corrected chi connectivity index (χ0v) is 20.9. The Bertz CT molecular complexity index is 976. The highest BCUT2D eigenvalue weighted by molar-refractivity contribution is 8.93. The molecule has 30 heavy (non-hydrogen) atoms. The van der Waals surface area contributed by atoms with Gasteiger partial charge in [0.25, 0.3) is 5.56 Å². The average Bonchev–Trinajstić information content (AvgIpc) is 3.01. The zero-order chi connectivity index (χ0) is 20.3. The van der Waals surface area contributed by atoms with Gasteiger partial charge in [-0.05, 0) is 51.1 Å². The lowest BCUT2D eigenvalue weighted by molar-refractivity contribution is -0.137. The summed E-state index contributed by atoms with van der Waals surface area (Å²) in [7, 11) is 3.50.